The Morgan fingerprint density at radius 3 is 2.38 bits per heavy atom. The first-order valence-electron chi connectivity index (χ1n) is 6.51. The number of hydrogen-bond donors (Lipinski definition) is 2. The van der Waals surface area contributed by atoms with Gasteiger partial charge in [0.2, 0.25) is 0 Å². The predicted molar refractivity (Wildman–Crippen MR) is 72.2 cm³/mol. The van der Waals surface area contributed by atoms with Gasteiger partial charge in [0.25, 0.3) is 0 Å². The number of aliphatic hydroxyl groups is 1. The molecule has 1 unspecified atom stereocenters. The van der Waals surface area contributed by atoms with Gasteiger partial charge >= 0.3 is 0 Å². The molecule has 0 spiro atoms. The molecule has 0 bridgehead atoms. The van der Waals surface area contributed by atoms with Gasteiger partial charge in [0.15, 0.2) is 0 Å². The normalized spacial score (nSPS) is 14.1. The number of unbranched alkanes of at least 4 members (excludes halogenated alkanes) is 4. The Labute approximate surface area is 106 Å². The van der Waals surface area contributed by atoms with Gasteiger partial charge in [0.1, 0.15) is 0 Å². The number of rotatable bonds is 10. The first-order chi connectivity index (χ1) is 7.52. The lowest BCUT2D eigenvalue weighted by atomic mass is 9.96. The number of alkyl halides is 1. The molecule has 0 fully saturated rings. The van der Waals surface area contributed by atoms with Gasteiger partial charge in [-0.2, -0.15) is 0 Å². The minimum Gasteiger partial charge on any atom is -0.391 e. The van der Waals surface area contributed by atoms with Gasteiger partial charge in [-0.05, 0) is 20.3 Å². The number of nitrogens with one attached hydrogen (secondary N) is 1. The predicted octanol–water partition coefficient (Wildman–Crippen LogP) is 3.31. The fourth-order valence-corrected chi connectivity index (χ4v) is 1.82. The molecule has 0 aromatic rings. The number of β-amino-alcohol motifs (C(OH)–C–C–N with tert-alkyl or cyclic N) is 1. The van der Waals surface area contributed by atoms with E-state index in [1.165, 1.54) is 32.1 Å². The quantitative estimate of drug-likeness (QED) is 0.460. The van der Waals surface area contributed by atoms with Crippen LogP contribution in [0.25, 0.3) is 0 Å². The second-order valence-corrected chi connectivity index (χ2v) is 5.55. The molecule has 0 aromatic heterocycles. The zero-order valence-electron chi connectivity index (χ0n) is 11.1. The van der Waals surface area contributed by atoms with E-state index in [9.17, 15) is 5.11 Å². The summed E-state index contributed by atoms with van der Waals surface area (Å²) < 4.78 is 0. The van der Waals surface area contributed by atoms with Crippen molar-refractivity contribution in [2.24, 2.45) is 0 Å². The largest absolute Gasteiger partial charge is 0.391 e. The standard InChI is InChI=1S/C13H28ClNO/c1-4-5-6-7-8-9-13(2,3)15-11-12(16)10-14/h12,15-16H,4-11H2,1-3H3. The molecule has 16 heavy (non-hydrogen) atoms. The Kier molecular flexibility index (Phi) is 9.38. The average Bonchev–Trinajstić information content (AvgIpc) is 2.25. The summed E-state index contributed by atoms with van der Waals surface area (Å²) in [6.07, 6.45) is 7.29. The Balaban J connectivity index is 3.53. The molecule has 0 amide bonds. The number of halogens is 1. The highest BCUT2D eigenvalue weighted by Crippen LogP contribution is 2.15. The highest BCUT2D eigenvalue weighted by Gasteiger charge is 2.17. The molecule has 1 atom stereocenters. The van der Waals surface area contributed by atoms with Crippen LogP contribution in [-0.2, 0) is 0 Å². The Bertz CT molecular complexity index is 162. The first-order valence-corrected chi connectivity index (χ1v) is 7.04. The van der Waals surface area contributed by atoms with Crippen molar-refractivity contribution in [3.8, 4) is 0 Å². The molecule has 0 saturated carbocycles. The molecule has 0 aliphatic rings. The number of aliphatic hydroxyl groups excluding tert-OH is 1. The van der Waals surface area contributed by atoms with Crippen molar-refractivity contribution < 1.29 is 5.11 Å². The third-order valence-electron chi connectivity index (χ3n) is 2.90. The Hall–Kier alpha value is 0.210. The maximum atomic E-state index is 9.37. The van der Waals surface area contributed by atoms with E-state index in [2.05, 4.69) is 26.1 Å². The van der Waals surface area contributed by atoms with Gasteiger partial charge in [-0.3, -0.25) is 0 Å². The lowest BCUT2D eigenvalue weighted by molar-refractivity contribution is 0.176. The Morgan fingerprint density at radius 2 is 1.81 bits per heavy atom. The van der Waals surface area contributed by atoms with E-state index in [4.69, 9.17) is 11.6 Å². The van der Waals surface area contributed by atoms with E-state index < -0.39 is 6.10 Å². The summed E-state index contributed by atoms with van der Waals surface area (Å²) in [6, 6.07) is 0. The molecule has 3 heteroatoms. The van der Waals surface area contributed by atoms with Crippen LogP contribution < -0.4 is 5.32 Å². The fourth-order valence-electron chi connectivity index (χ4n) is 1.71. The van der Waals surface area contributed by atoms with Crippen LogP contribution in [0, 0.1) is 0 Å². The molecule has 0 aliphatic heterocycles. The zero-order valence-corrected chi connectivity index (χ0v) is 11.8. The molecule has 0 rings (SSSR count). The molecular weight excluding hydrogens is 222 g/mol. The highest BCUT2D eigenvalue weighted by molar-refractivity contribution is 6.18. The number of hydrogen-bond acceptors (Lipinski definition) is 2. The van der Waals surface area contributed by atoms with Crippen LogP contribution in [0.4, 0.5) is 0 Å². The smallest absolute Gasteiger partial charge is 0.0799 e. The molecule has 2 N–H and O–H groups in total. The summed E-state index contributed by atoms with van der Waals surface area (Å²) >= 11 is 5.55. The summed E-state index contributed by atoms with van der Waals surface area (Å²) in [4.78, 5) is 0. The summed E-state index contributed by atoms with van der Waals surface area (Å²) in [7, 11) is 0. The van der Waals surface area contributed by atoms with Crippen LogP contribution >= 0.6 is 11.6 Å². The molecule has 0 aliphatic carbocycles. The van der Waals surface area contributed by atoms with Crippen molar-refractivity contribution >= 4 is 11.6 Å². The summed E-state index contributed by atoms with van der Waals surface area (Å²) in [6.45, 7) is 7.20. The van der Waals surface area contributed by atoms with E-state index in [0.29, 0.717) is 12.4 Å². The summed E-state index contributed by atoms with van der Waals surface area (Å²) in [5, 5.41) is 12.7. The molecule has 0 heterocycles. The van der Waals surface area contributed by atoms with Crippen LogP contribution in [0.5, 0.6) is 0 Å². The second-order valence-electron chi connectivity index (χ2n) is 5.24. The lowest BCUT2D eigenvalue weighted by Gasteiger charge is -2.27. The maximum absolute atomic E-state index is 9.37. The molecule has 98 valence electrons. The van der Waals surface area contributed by atoms with Gasteiger partial charge in [-0.1, -0.05) is 39.0 Å². The van der Waals surface area contributed by atoms with Crippen molar-refractivity contribution in [1.82, 2.24) is 5.32 Å². The molecule has 0 aromatic carbocycles. The van der Waals surface area contributed by atoms with Crippen LogP contribution in [0.2, 0.25) is 0 Å². The highest BCUT2D eigenvalue weighted by atomic mass is 35.5. The monoisotopic (exact) mass is 249 g/mol. The van der Waals surface area contributed by atoms with E-state index >= 15 is 0 Å². The third kappa shape index (κ3) is 9.44. The van der Waals surface area contributed by atoms with Gasteiger partial charge in [-0.25, -0.2) is 0 Å². The summed E-state index contributed by atoms with van der Waals surface area (Å²) in [5.41, 5.74) is 0.110. The SMILES string of the molecule is CCCCCCCC(C)(C)NCC(O)CCl. The fraction of sp³-hybridized carbons (Fsp3) is 1.00. The summed E-state index contributed by atoms with van der Waals surface area (Å²) in [5.74, 6) is 0.305. The van der Waals surface area contributed by atoms with Crippen LogP contribution in [0.3, 0.4) is 0 Å². The topological polar surface area (TPSA) is 32.3 Å². The van der Waals surface area contributed by atoms with Crippen LogP contribution in [0.1, 0.15) is 59.3 Å². The lowest BCUT2D eigenvalue weighted by Crippen LogP contribution is -2.43. The first kappa shape index (κ1) is 16.2. The maximum Gasteiger partial charge on any atom is 0.0799 e. The minimum absolute atomic E-state index is 0.110. The van der Waals surface area contributed by atoms with Crippen molar-refractivity contribution in [3.05, 3.63) is 0 Å². The van der Waals surface area contributed by atoms with E-state index in [-0.39, 0.29) is 5.54 Å². The van der Waals surface area contributed by atoms with Gasteiger partial charge < -0.3 is 10.4 Å². The van der Waals surface area contributed by atoms with E-state index in [0.717, 1.165) is 6.42 Å². The van der Waals surface area contributed by atoms with Gasteiger partial charge in [0, 0.05) is 18.0 Å². The van der Waals surface area contributed by atoms with Crippen LogP contribution in [0.15, 0.2) is 0 Å². The Morgan fingerprint density at radius 1 is 1.19 bits per heavy atom. The van der Waals surface area contributed by atoms with E-state index in [1.54, 1.807) is 0 Å². The van der Waals surface area contributed by atoms with Crippen LogP contribution in [-0.4, -0.2) is 29.2 Å². The van der Waals surface area contributed by atoms with Crippen molar-refractivity contribution in [3.63, 3.8) is 0 Å². The molecule has 0 saturated heterocycles. The van der Waals surface area contributed by atoms with Gasteiger partial charge in [-0.15, -0.1) is 11.6 Å². The molecule has 0 radical (unpaired) electrons. The van der Waals surface area contributed by atoms with Crippen molar-refractivity contribution in [2.45, 2.75) is 70.9 Å². The van der Waals surface area contributed by atoms with E-state index in [1.807, 2.05) is 0 Å². The van der Waals surface area contributed by atoms with Crippen molar-refractivity contribution in [2.75, 3.05) is 12.4 Å². The molecular formula is C13H28ClNO. The minimum atomic E-state index is -0.430. The second kappa shape index (κ2) is 9.26. The average molecular weight is 250 g/mol. The molecule has 2 nitrogen and oxygen atoms in total. The van der Waals surface area contributed by atoms with Crippen molar-refractivity contribution in [1.29, 1.82) is 0 Å². The van der Waals surface area contributed by atoms with Gasteiger partial charge in [0.05, 0.1) is 6.10 Å². The zero-order chi connectivity index (χ0) is 12.4. The third-order valence-corrected chi connectivity index (χ3v) is 3.26.